The lowest BCUT2D eigenvalue weighted by atomic mass is 9.91. The number of hydrogen-bond acceptors (Lipinski definition) is 2. The molecule has 3 heteroatoms. The molecule has 0 atom stereocenters. The van der Waals surface area contributed by atoms with E-state index in [9.17, 15) is 4.79 Å². The highest BCUT2D eigenvalue weighted by molar-refractivity contribution is 5.81. The second-order valence-corrected chi connectivity index (χ2v) is 7.34. The van der Waals surface area contributed by atoms with Crippen molar-refractivity contribution in [2.45, 2.75) is 59.9 Å². The Kier molecular flexibility index (Phi) is 5.84. The standard InChI is InChI=1S/C16H32N2O/c1-13(2)18-11-8-14(9-12-18)7-10-17(6)15(19)16(3,4)5/h13-14H,7-12H2,1-6H3. The van der Waals surface area contributed by atoms with Crippen LogP contribution in [0.25, 0.3) is 0 Å². The van der Waals surface area contributed by atoms with Gasteiger partial charge in [0, 0.05) is 25.0 Å². The van der Waals surface area contributed by atoms with E-state index < -0.39 is 0 Å². The number of hydrogen-bond donors (Lipinski definition) is 0. The summed E-state index contributed by atoms with van der Waals surface area (Å²) in [6.07, 6.45) is 3.73. The summed E-state index contributed by atoms with van der Waals surface area (Å²) in [5.74, 6) is 1.05. The first-order valence-corrected chi connectivity index (χ1v) is 7.71. The first-order chi connectivity index (χ1) is 8.71. The van der Waals surface area contributed by atoms with Crippen molar-refractivity contribution >= 4 is 5.91 Å². The lowest BCUT2D eigenvalue weighted by Gasteiger charge is -2.35. The summed E-state index contributed by atoms with van der Waals surface area (Å²) in [7, 11) is 1.94. The molecule has 1 aliphatic heterocycles. The van der Waals surface area contributed by atoms with Crippen molar-refractivity contribution in [2.24, 2.45) is 11.3 Å². The molecule has 112 valence electrons. The van der Waals surface area contributed by atoms with Crippen LogP contribution in [-0.4, -0.2) is 48.4 Å². The zero-order valence-corrected chi connectivity index (χ0v) is 13.7. The monoisotopic (exact) mass is 268 g/mol. The topological polar surface area (TPSA) is 23.6 Å². The van der Waals surface area contributed by atoms with Gasteiger partial charge in [-0.25, -0.2) is 0 Å². The Bertz CT molecular complexity index is 286. The van der Waals surface area contributed by atoms with Crippen LogP contribution in [0.15, 0.2) is 0 Å². The molecule has 0 radical (unpaired) electrons. The molecule has 0 aromatic heterocycles. The first-order valence-electron chi connectivity index (χ1n) is 7.71. The third-order valence-electron chi connectivity index (χ3n) is 4.24. The maximum absolute atomic E-state index is 12.1. The summed E-state index contributed by atoms with van der Waals surface area (Å²) in [6.45, 7) is 13.9. The van der Waals surface area contributed by atoms with E-state index >= 15 is 0 Å². The predicted molar refractivity (Wildman–Crippen MR) is 81.1 cm³/mol. The van der Waals surface area contributed by atoms with E-state index in [-0.39, 0.29) is 11.3 Å². The smallest absolute Gasteiger partial charge is 0.227 e. The average molecular weight is 268 g/mol. The van der Waals surface area contributed by atoms with Crippen molar-refractivity contribution in [1.29, 1.82) is 0 Å². The molecule has 19 heavy (non-hydrogen) atoms. The minimum Gasteiger partial charge on any atom is -0.345 e. The second-order valence-electron chi connectivity index (χ2n) is 7.34. The molecule has 0 N–H and O–H groups in total. The molecule has 1 heterocycles. The van der Waals surface area contributed by atoms with Gasteiger partial charge in [0.1, 0.15) is 0 Å². The molecule has 0 spiro atoms. The third kappa shape index (κ3) is 5.13. The number of carbonyl (C=O) groups excluding carboxylic acids is 1. The number of carbonyl (C=O) groups is 1. The second kappa shape index (κ2) is 6.74. The summed E-state index contributed by atoms with van der Waals surface area (Å²) in [4.78, 5) is 16.6. The molecule has 0 aliphatic carbocycles. The van der Waals surface area contributed by atoms with Crippen molar-refractivity contribution in [1.82, 2.24) is 9.80 Å². The minimum atomic E-state index is -0.254. The number of rotatable bonds is 4. The van der Waals surface area contributed by atoms with Crippen LogP contribution in [0, 0.1) is 11.3 Å². The van der Waals surface area contributed by atoms with Crippen LogP contribution < -0.4 is 0 Å². The van der Waals surface area contributed by atoms with Gasteiger partial charge in [0.15, 0.2) is 0 Å². The number of amides is 1. The summed E-state index contributed by atoms with van der Waals surface area (Å²) >= 11 is 0. The normalized spacial score (nSPS) is 18.9. The van der Waals surface area contributed by atoms with Gasteiger partial charge < -0.3 is 9.80 Å². The van der Waals surface area contributed by atoms with Crippen molar-refractivity contribution < 1.29 is 4.79 Å². The summed E-state index contributed by atoms with van der Waals surface area (Å²) < 4.78 is 0. The molecule has 1 saturated heterocycles. The Hall–Kier alpha value is -0.570. The van der Waals surface area contributed by atoms with Gasteiger partial charge in [0.2, 0.25) is 5.91 Å². The molecular formula is C16H32N2O. The molecule has 0 aromatic carbocycles. The molecule has 0 unspecified atom stereocenters. The molecule has 0 aromatic rings. The Morgan fingerprint density at radius 2 is 1.79 bits per heavy atom. The number of nitrogens with zero attached hydrogens (tertiary/aromatic N) is 2. The van der Waals surface area contributed by atoms with Crippen LogP contribution >= 0.6 is 0 Å². The van der Waals surface area contributed by atoms with Crippen molar-refractivity contribution in [3.8, 4) is 0 Å². The molecule has 0 saturated carbocycles. The lowest BCUT2D eigenvalue weighted by Crippen LogP contribution is -2.40. The van der Waals surface area contributed by atoms with Crippen LogP contribution in [-0.2, 0) is 4.79 Å². The Labute approximate surface area is 119 Å². The van der Waals surface area contributed by atoms with E-state index in [1.807, 2.05) is 32.7 Å². The van der Waals surface area contributed by atoms with Crippen molar-refractivity contribution in [3.63, 3.8) is 0 Å². The highest BCUT2D eigenvalue weighted by Crippen LogP contribution is 2.23. The van der Waals surface area contributed by atoms with E-state index in [1.165, 1.54) is 25.9 Å². The van der Waals surface area contributed by atoms with Gasteiger partial charge >= 0.3 is 0 Å². The van der Waals surface area contributed by atoms with Gasteiger partial charge in [0.05, 0.1) is 0 Å². The van der Waals surface area contributed by atoms with E-state index in [1.54, 1.807) is 0 Å². The van der Waals surface area contributed by atoms with E-state index in [0.29, 0.717) is 6.04 Å². The molecule has 1 amide bonds. The summed E-state index contributed by atoms with van der Waals surface area (Å²) in [6, 6.07) is 0.672. The molecule has 0 bridgehead atoms. The molecule has 1 aliphatic rings. The Morgan fingerprint density at radius 1 is 1.26 bits per heavy atom. The van der Waals surface area contributed by atoms with Crippen LogP contribution in [0.5, 0.6) is 0 Å². The maximum atomic E-state index is 12.1. The fraction of sp³-hybridized carbons (Fsp3) is 0.938. The van der Waals surface area contributed by atoms with Gasteiger partial charge in [-0.05, 0) is 52.1 Å². The molecule has 1 fully saturated rings. The van der Waals surface area contributed by atoms with Crippen LogP contribution in [0.3, 0.4) is 0 Å². The minimum absolute atomic E-state index is 0.254. The fourth-order valence-electron chi connectivity index (χ4n) is 2.81. The van der Waals surface area contributed by atoms with Crippen LogP contribution in [0.1, 0.15) is 53.9 Å². The lowest BCUT2D eigenvalue weighted by molar-refractivity contribution is -0.138. The quantitative estimate of drug-likeness (QED) is 0.782. The van der Waals surface area contributed by atoms with Gasteiger partial charge in [-0.1, -0.05) is 20.8 Å². The molecule has 3 nitrogen and oxygen atoms in total. The van der Waals surface area contributed by atoms with E-state index in [2.05, 4.69) is 18.7 Å². The van der Waals surface area contributed by atoms with Crippen LogP contribution in [0.4, 0.5) is 0 Å². The van der Waals surface area contributed by atoms with Gasteiger partial charge in [-0.2, -0.15) is 0 Å². The summed E-state index contributed by atoms with van der Waals surface area (Å²) in [5, 5.41) is 0. The third-order valence-corrected chi connectivity index (χ3v) is 4.24. The first kappa shape index (κ1) is 16.5. The largest absolute Gasteiger partial charge is 0.345 e. The predicted octanol–water partition coefficient (Wildman–Crippen LogP) is 3.00. The van der Waals surface area contributed by atoms with E-state index in [4.69, 9.17) is 0 Å². The fourth-order valence-corrected chi connectivity index (χ4v) is 2.81. The SMILES string of the molecule is CC(C)N1CCC(CCN(C)C(=O)C(C)(C)C)CC1. The van der Waals surface area contributed by atoms with Gasteiger partial charge in [-0.3, -0.25) is 4.79 Å². The van der Waals surface area contributed by atoms with Crippen molar-refractivity contribution in [3.05, 3.63) is 0 Å². The average Bonchev–Trinajstić information content (AvgIpc) is 2.34. The number of piperidine rings is 1. The number of likely N-dealkylation sites (tertiary alicyclic amines) is 1. The van der Waals surface area contributed by atoms with E-state index in [0.717, 1.165) is 18.9 Å². The maximum Gasteiger partial charge on any atom is 0.227 e. The Morgan fingerprint density at radius 3 is 2.21 bits per heavy atom. The highest BCUT2D eigenvalue weighted by Gasteiger charge is 2.26. The summed E-state index contributed by atoms with van der Waals surface area (Å²) in [5.41, 5.74) is -0.254. The zero-order chi connectivity index (χ0) is 14.6. The van der Waals surface area contributed by atoms with Crippen molar-refractivity contribution in [2.75, 3.05) is 26.7 Å². The van der Waals surface area contributed by atoms with Gasteiger partial charge in [0.25, 0.3) is 0 Å². The molecular weight excluding hydrogens is 236 g/mol. The zero-order valence-electron chi connectivity index (χ0n) is 13.7. The highest BCUT2D eigenvalue weighted by atomic mass is 16.2. The van der Waals surface area contributed by atoms with Gasteiger partial charge in [-0.15, -0.1) is 0 Å². The Balaban J connectivity index is 2.29. The van der Waals surface area contributed by atoms with Crippen LogP contribution in [0.2, 0.25) is 0 Å². The molecule has 1 rings (SSSR count).